The summed E-state index contributed by atoms with van der Waals surface area (Å²) in [6.45, 7) is 11.9. The maximum Gasteiger partial charge on any atom is 0.126 e. The van der Waals surface area contributed by atoms with E-state index in [-0.39, 0.29) is 12.2 Å². The minimum atomic E-state index is -0.342. The Balaban J connectivity index is 4.06. The van der Waals surface area contributed by atoms with Gasteiger partial charge in [0.15, 0.2) is 0 Å². The average Bonchev–Trinajstić information content (AvgIpc) is 2.15. The third kappa shape index (κ3) is 7.20. The van der Waals surface area contributed by atoms with Crippen LogP contribution in [0.15, 0.2) is 0 Å². The molecular weight excluding hydrogens is 202 g/mol. The first-order valence-corrected chi connectivity index (χ1v) is 6.56. The molecule has 3 heteroatoms. The fourth-order valence-electron chi connectivity index (χ4n) is 2.24. The lowest BCUT2D eigenvalue weighted by molar-refractivity contribution is -0.912. The number of aliphatic hydroxyl groups is 1. The van der Waals surface area contributed by atoms with Gasteiger partial charge in [-0.1, -0.05) is 13.8 Å². The normalized spacial score (nSPS) is 14.4. The van der Waals surface area contributed by atoms with Gasteiger partial charge in [-0.25, -0.2) is 0 Å². The summed E-state index contributed by atoms with van der Waals surface area (Å²) in [5, 5.41) is 9.95. The molecule has 0 amide bonds. The molecule has 0 aromatic carbocycles. The van der Waals surface area contributed by atoms with E-state index in [2.05, 4.69) is 20.9 Å². The highest BCUT2D eigenvalue weighted by Gasteiger charge is 2.23. The molecule has 0 aromatic rings. The summed E-state index contributed by atoms with van der Waals surface area (Å²) in [5.74, 6) is 0. The van der Waals surface area contributed by atoms with E-state index in [0.717, 1.165) is 37.0 Å². The van der Waals surface area contributed by atoms with E-state index in [1.165, 1.54) is 0 Å². The fraction of sp³-hybridized carbons (Fsp3) is 1.00. The van der Waals surface area contributed by atoms with Crippen molar-refractivity contribution in [1.82, 2.24) is 0 Å². The van der Waals surface area contributed by atoms with E-state index >= 15 is 0 Å². The van der Waals surface area contributed by atoms with Gasteiger partial charge in [-0.3, -0.25) is 0 Å². The largest absolute Gasteiger partial charge is 0.385 e. The molecule has 0 spiro atoms. The average molecular weight is 232 g/mol. The highest BCUT2D eigenvalue weighted by molar-refractivity contribution is 4.54. The van der Waals surface area contributed by atoms with Crippen molar-refractivity contribution >= 4 is 0 Å². The van der Waals surface area contributed by atoms with Gasteiger partial charge in [0, 0.05) is 0 Å². The Morgan fingerprint density at radius 3 is 2.00 bits per heavy atom. The fourth-order valence-corrected chi connectivity index (χ4v) is 2.24. The van der Waals surface area contributed by atoms with E-state index in [4.69, 9.17) is 4.74 Å². The molecule has 1 N–H and O–H groups in total. The molecule has 1 atom stereocenters. The second-order valence-corrected chi connectivity index (χ2v) is 5.29. The van der Waals surface area contributed by atoms with Gasteiger partial charge in [-0.05, 0) is 26.7 Å². The van der Waals surface area contributed by atoms with Crippen LogP contribution in [0.1, 0.15) is 40.5 Å². The van der Waals surface area contributed by atoms with Crippen LogP contribution in [-0.2, 0) is 4.74 Å². The maximum absolute atomic E-state index is 9.95. The number of ether oxygens (including phenoxy) is 1. The van der Waals surface area contributed by atoms with Crippen molar-refractivity contribution in [2.75, 3.05) is 33.3 Å². The Bertz CT molecular complexity index is 165. The van der Waals surface area contributed by atoms with E-state index in [1.807, 2.05) is 13.8 Å². The number of hydrogen-bond acceptors (Lipinski definition) is 2. The Morgan fingerprint density at radius 1 is 1.12 bits per heavy atom. The van der Waals surface area contributed by atoms with Crippen LogP contribution in [0, 0.1) is 0 Å². The summed E-state index contributed by atoms with van der Waals surface area (Å²) in [6.07, 6.45) is 2.18. The molecule has 0 aliphatic heterocycles. The van der Waals surface area contributed by atoms with Crippen LogP contribution in [0.5, 0.6) is 0 Å². The zero-order chi connectivity index (χ0) is 12.6. The van der Waals surface area contributed by atoms with Gasteiger partial charge in [0.25, 0.3) is 0 Å². The first-order valence-electron chi connectivity index (χ1n) is 6.56. The zero-order valence-corrected chi connectivity index (χ0v) is 11.7. The molecule has 1 unspecified atom stereocenters. The number of aliphatic hydroxyl groups excluding tert-OH is 1. The molecular formula is C13H30NO2+. The summed E-state index contributed by atoms with van der Waals surface area (Å²) >= 11 is 0. The minimum Gasteiger partial charge on any atom is -0.385 e. The van der Waals surface area contributed by atoms with Gasteiger partial charge in [0.2, 0.25) is 0 Å². The standard InChI is InChI=1S/C13H30NO2/c1-6-8-14(5,9-7-2)10-13(15)11-16-12(3)4/h12-13,15H,6-11H2,1-5H3/q+1. The zero-order valence-electron chi connectivity index (χ0n) is 11.7. The number of likely N-dealkylation sites (N-methyl/N-ethyl adjacent to an activating group) is 1. The van der Waals surface area contributed by atoms with Gasteiger partial charge in [-0.15, -0.1) is 0 Å². The molecule has 3 nitrogen and oxygen atoms in total. The lowest BCUT2D eigenvalue weighted by Gasteiger charge is -2.36. The van der Waals surface area contributed by atoms with Crippen molar-refractivity contribution in [3.05, 3.63) is 0 Å². The third-order valence-electron chi connectivity index (χ3n) is 2.80. The smallest absolute Gasteiger partial charge is 0.126 e. The van der Waals surface area contributed by atoms with Crippen LogP contribution >= 0.6 is 0 Å². The quantitative estimate of drug-likeness (QED) is 0.616. The highest BCUT2D eigenvalue weighted by atomic mass is 16.5. The van der Waals surface area contributed by atoms with E-state index in [9.17, 15) is 5.11 Å². The van der Waals surface area contributed by atoms with Crippen molar-refractivity contribution in [1.29, 1.82) is 0 Å². The molecule has 0 fully saturated rings. The summed E-state index contributed by atoms with van der Waals surface area (Å²) in [6, 6.07) is 0. The van der Waals surface area contributed by atoms with Crippen LogP contribution in [0.3, 0.4) is 0 Å². The van der Waals surface area contributed by atoms with Crippen LogP contribution in [0.25, 0.3) is 0 Å². The molecule has 0 aromatic heterocycles. The lowest BCUT2D eigenvalue weighted by atomic mass is 10.2. The van der Waals surface area contributed by atoms with E-state index in [1.54, 1.807) is 0 Å². The number of nitrogens with zero attached hydrogens (tertiary/aromatic N) is 1. The topological polar surface area (TPSA) is 29.5 Å². The van der Waals surface area contributed by atoms with E-state index < -0.39 is 0 Å². The summed E-state index contributed by atoms with van der Waals surface area (Å²) in [5.41, 5.74) is 0. The molecule has 0 radical (unpaired) electrons. The predicted octanol–water partition coefficient (Wildman–Crippen LogP) is 2.04. The Labute approximate surface area is 101 Å². The molecule has 16 heavy (non-hydrogen) atoms. The molecule has 0 bridgehead atoms. The summed E-state index contributed by atoms with van der Waals surface area (Å²) in [4.78, 5) is 0. The first-order chi connectivity index (χ1) is 7.43. The maximum atomic E-state index is 9.95. The van der Waals surface area contributed by atoms with Crippen molar-refractivity contribution < 1.29 is 14.3 Å². The number of hydrogen-bond donors (Lipinski definition) is 1. The van der Waals surface area contributed by atoms with Crippen molar-refractivity contribution in [3.63, 3.8) is 0 Å². The highest BCUT2D eigenvalue weighted by Crippen LogP contribution is 2.08. The SMILES string of the molecule is CCC[N+](C)(CCC)CC(O)COC(C)C. The first kappa shape index (κ1) is 15.9. The Kier molecular flexibility index (Phi) is 7.98. The molecule has 98 valence electrons. The molecule has 0 aliphatic rings. The van der Waals surface area contributed by atoms with Crippen molar-refractivity contribution in [3.8, 4) is 0 Å². The Morgan fingerprint density at radius 2 is 1.62 bits per heavy atom. The van der Waals surface area contributed by atoms with Gasteiger partial charge in [-0.2, -0.15) is 0 Å². The molecule has 0 saturated carbocycles. The van der Waals surface area contributed by atoms with Crippen LogP contribution in [0.4, 0.5) is 0 Å². The minimum absolute atomic E-state index is 0.200. The van der Waals surface area contributed by atoms with Crippen molar-refractivity contribution in [2.24, 2.45) is 0 Å². The second-order valence-electron chi connectivity index (χ2n) is 5.29. The van der Waals surface area contributed by atoms with Crippen molar-refractivity contribution in [2.45, 2.75) is 52.7 Å². The summed E-state index contributed by atoms with van der Waals surface area (Å²) < 4.78 is 6.40. The Hall–Kier alpha value is -0.120. The molecule has 0 saturated heterocycles. The number of quaternary nitrogens is 1. The van der Waals surface area contributed by atoms with Gasteiger partial charge in [0.05, 0.1) is 32.8 Å². The molecule has 0 rings (SSSR count). The second kappa shape index (κ2) is 8.04. The number of rotatable bonds is 9. The van der Waals surface area contributed by atoms with Crippen LogP contribution < -0.4 is 0 Å². The van der Waals surface area contributed by atoms with Gasteiger partial charge in [0.1, 0.15) is 12.6 Å². The summed E-state index contributed by atoms with van der Waals surface area (Å²) in [7, 11) is 2.23. The van der Waals surface area contributed by atoms with Crippen LogP contribution in [0.2, 0.25) is 0 Å². The monoisotopic (exact) mass is 232 g/mol. The van der Waals surface area contributed by atoms with Crippen LogP contribution in [-0.4, -0.2) is 55.1 Å². The third-order valence-corrected chi connectivity index (χ3v) is 2.80. The van der Waals surface area contributed by atoms with E-state index in [0.29, 0.717) is 6.61 Å². The molecule has 0 heterocycles. The van der Waals surface area contributed by atoms with Gasteiger partial charge >= 0.3 is 0 Å². The predicted molar refractivity (Wildman–Crippen MR) is 68.5 cm³/mol. The van der Waals surface area contributed by atoms with Gasteiger partial charge < -0.3 is 14.3 Å². The molecule has 0 aliphatic carbocycles. The lowest BCUT2D eigenvalue weighted by Crippen LogP contribution is -2.50.